The van der Waals surface area contributed by atoms with Crippen molar-refractivity contribution in [2.45, 2.75) is 32.4 Å². The molecule has 1 aliphatic heterocycles. The predicted octanol–water partition coefficient (Wildman–Crippen LogP) is 3.44. The summed E-state index contributed by atoms with van der Waals surface area (Å²) in [6, 6.07) is 12.6. The van der Waals surface area contributed by atoms with Gasteiger partial charge >= 0.3 is 0 Å². The fourth-order valence-electron chi connectivity index (χ4n) is 3.55. The number of ether oxygens (including phenoxy) is 3. The van der Waals surface area contributed by atoms with E-state index in [2.05, 4.69) is 0 Å². The SMILES string of the molecule is CCOc1ccc(C(=O)N2C[C@H](O)C[C@H]2c2cccc(OC)c2)cc1OCC. The Labute approximate surface area is 165 Å². The van der Waals surface area contributed by atoms with Crippen LogP contribution >= 0.6 is 0 Å². The van der Waals surface area contributed by atoms with Gasteiger partial charge in [0.15, 0.2) is 11.5 Å². The number of aliphatic hydroxyl groups excluding tert-OH is 1. The molecular formula is C22H27NO5. The largest absolute Gasteiger partial charge is 0.497 e. The molecule has 0 unspecified atom stereocenters. The number of benzene rings is 2. The molecule has 0 radical (unpaired) electrons. The lowest BCUT2D eigenvalue weighted by Crippen LogP contribution is -2.31. The van der Waals surface area contributed by atoms with E-state index < -0.39 is 6.10 Å². The molecule has 0 saturated carbocycles. The minimum absolute atomic E-state index is 0.145. The summed E-state index contributed by atoms with van der Waals surface area (Å²) in [6.07, 6.45) is -0.0666. The zero-order valence-corrected chi connectivity index (χ0v) is 16.6. The first-order valence-electron chi connectivity index (χ1n) is 9.60. The van der Waals surface area contributed by atoms with Crippen LogP contribution in [0.4, 0.5) is 0 Å². The van der Waals surface area contributed by atoms with Crippen molar-refractivity contribution >= 4 is 5.91 Å². The smallest absolute Gasteiger partial charge is 0.254 e. The lowest BCUT2D eigenvalue weighted by atomic mass is 10.0. The van der Waals surface area contributed by atoms with Crippen molar-refractivity contribution in [3.05, 3.63) is 53.6 Å². The standard InChI is InChI=1S/C22H27NO5/c1-4-27-20-10-9-16(12-21(20)28-5-2)22(25)23-14-17(24)13-19(23)15-7-6-8-18(11-15)26-3/h6-12,17,19,24H,4-5,13-14H2,1-3H3/t17-,19+/m1/s1. The number of hydrogen-bond acceptors (Lipinski definition) is 5. The van der Waals surface area contributed by atoms with E-state index in [1.165, 1.54) is 0 Å². The van der Waals surface area contributed by atoms with Gasteiger partial charge in [0.05, 0.1) is 32.5 Å². The van der Waals surface area contributed by atoms with Gasteiger partial charge in [0, 0.05) is 12.1 Å². The van der Waals surface area contributed by atoms with Crippen LogP contribution in [-0.4, -0.2) is 48.9 Å². The number of aliphatic hydroxyl groups is 1. The van der Waals surface area contributed by atoms with Crippen LogP contribution in [0.25, 0.3) is 0 Å². The maximum atomic E-state index is 13.2. The molecule has 2 atom stereocenters. The fourth-order valence-corrected chi connectivity index (χ4v) is 3.55. The normalized spacial score (nSPS) is 18.8. The molecule has 1 fully saturated rings. The van der Waals surface area contributed by atoms with E-state index in [1.54, 1.807) is 30.2 Å². The molecule has 1 N–H and O–H groups in total. The van der Waals surface area contributed by atoms with Crippen molar-refractivity contribution in [3.63, 3.8) is 0 Å². The Morgan fingerprint density at radius 1 is 1.11 bits per heavy atom. The summed E-state index contributed by atoms with van der Waals surface area (Å²) in [5.74, 6) is 1.75. The van der Waals surface area contributed by atoms with Crippen molar-refractivity contribution in [3.8, 4) is 17.2 Å². The van der Waals surface area contributed by atoms with Gasteiger partial charge in [-0.05, 0) is 56.2 Å². The molecule has 2 aromatic carbocycles. The van der Waals surface area contributed by atoms with Gasteiger partial charge in [-0.2, -0.15) is 0 Å². The summed E-state index contributed by atoms with van der Waals surface area (Å²) in [6.45, 7) is 5.08. The molecule has 0 aromatic heterocycles. The highest BCUT2D eigenvalue weighted by Crippen LogP contribution is 2.36. The second-order valence-electron chi connectivity index (χ2n) is 6.67. The predicted molar refractivity (Wildman–Crippen MR) is 106 cm³/mol. The van der Waals surface area contributed by atoms with Crippen molar-refractivity contribution in [1.82, 2.24) is 4.90 Å². The third-order valence-electron chi connectivity index (χ3n) is 4.81. The highest BCUT2D eigenvalue weighted by atomic mass is 16.5. The number of β-amino-alcohol motifs (C(OH)–C–C–N with tert-alkyl or cyclic N) is 1. The number of carbonyl (C=O) groups excluding carboxylic acids is 1. The van der Waals surface area contributed by atoms with Gasteiger partial charge in [-0.3, -0.25) is 4.79 Å². The van der Waals surface area contributed by atoms with Crippen molar-refractivity contribution < 1.29 is 24.1 Å². The number of carbonyl (C=O) groups is 1. The minimum Gasteiger partial charge on any atom is -0.497 e. The summed E-state index contributed by atoms with van der Waals surface area (Å²) in [5.41, 5.74) is 1.45. The van der Waals surface area contributed by atoms with E-state index >= 15 is 0 Å². The molecule has 1 saturated heterocycles. The fraction of sp³-hybridized carbons (Fsp3) is 0.409. The van der Waals surface area contributed by atoms with Crippen molar-refractivity contribution in [2.75, 3.05) is 26.9 Å². The Bertz CT molecular complexity index is 822. The van der Waals surface area contributed by atoms with E-state index in [-0.39, 0.29) is 18.5 Å². The molecule has 6 heteroatoms. The number of likely N-dealkylation sites (tertiary alicyclic amines) is 1. The van der Waals surface area contributed by atoms with Gasteiger partial charge in [0.2, 0.25) is 0 Å². The quantitative estimate of drug-likeness (QED) is 0.791. The number of methoxy groups -OCH3 is 1. The summed E-state index contributed by atoms with van der Waals surface area (Å²) in [5, 5.41) is 10.2. The van der Waals surface area contributed by atoms with Gasteiger partial charge in [-0.1, -0.05) is 12.1 Å². The molecule has 3 rings (SSSR count). The minimum atomic E-state index is -0.561. The second kappa shape index (κ2) is 8.97. The van der Waals surface area contributed by atoms with E-state index in [9.17, 15) is 9.90 Å². The third kappa shape index (κ3) is 4.22. The van der Waals surface area contributed by atoms with E-state index in [0.717, 1.165) is 11.3 Å². The number of rotatable bonds is 7. The second-order valence-corrected chi connectivity index (χ2v) is 6.67. The monoisotopic (exact) mass is 385 g/mol. The summed E-state index contributed by atoms with van der Waals surface area (Å²) < 4.78 is 16.5. The van der Waals surface area contributed by atoms with Crippen LogP contribution in [0.1, 0.15) is 42.2 Å². The topological polar surface area (TPSA) is 68.2 Å². The molecule has 28 heavy (non-hydrogen) atoms. The molecule has 150 valence electrons. The van der Waals surface area contributed by atoms with E-state index in [1.807, 2.05) is 38.1 Å². The van der Waals surface area contributed by atoms with Gasteiger partial charge in [0.25, 0.3) is 5.91 Å². The molecule has 1 aliphatic rings. The molecular weight excluding hydrogens is 358 g/mol. The van der Waals surface area contributed by atoms with Gasteiger partial charge in [-0.15, -0.1) is 0 Å². The van der Waals surface area contributed by atoms with Crippen LogP contribution in [0.3, 0.4) is 0 Å². The Kier molecular flexibility index (Phi) is 6.41. The maximum absolute atomic E-state index is 13.2. The van der Waals surface area contributed by atoms with E-state index in [0.29, 0.717) is 36.7 Å². The zero-order valence-electron chi connectivity index (χ0n) is 16.6. The molecule has 1 amide bonds. The first-order chi connectivity index (χ1) is 13.6. The van der Waals surface area contributed by atoms with Crippen LogP contribution in [0, 0.1) is 0 Å². The van der Waals surface area contributed by atoms with Gasteiger partial charge in [-0.25, -0.2) is 0 Å². The first-order valence-corrected chi connectivity index (χ1v) is 9.60. The summed E-state index contributed by atoms with van der Waals surface area (Å²) in [4.78, 5) is 15.0. The maximum Gasteiger partial charge on any atom is 0.254 e. The lowest BCUT2D eigenvalue weighted by molar-refractivity contribution is 0.0715. The average molecular weight is 385 g/mol. The Hall–Kier alpha value is -2.73. The Morgan fingerprint density at radius 3 is 2.57 bits per heavy atom. The Morgan fingerprint density at radius 2 is 1.86 bits per heavy atom. The lowest BCUT2D eigenvalue weighted by Gasteiger charge is -2.25. The Balaban J connectivity index is 1.90. The van der Waals surface area contributed by atoms with Crippen LogP contribution in [-0.2, 0) is 0 Å². The summed E-state index contributed by atoms with van der Waals surface area (Å²) >= 11 is 0. The van der Waals surface area contributed by atoms with E-state index in [4.69, 9.17) is 14.2 Å². The van der Waals surface area contributed by atoms with Crippen LogP contribution in [0.5, 0.6) is 17.2 Å². The molecule has 2 aromatic rings. The molecule has 0 bridgehead atoms. The van der Waals surface area contributed by atoms with Crippen LogP contribution < -0.4 is 14.2 Å². The van der Waals surface area contributed by atoms with Crippen molar-refractivity contribution in [1.29, 1.82) is 0 Å². The number of hydrogen-bond donors (Lipinski definition) is 1. The molecule has 0 spiro atoms. The van der Waals surface area contributed by atoms with Crippen LogP contribution in [0.2, 0.25) is 0 Å². The summed E-state index contributed by atoms with van der Waals surface area (Å²) in [7, 11) is 1.61. The van der Waals surface area contributed by atoms with Crippen LogP contribution in [0.15, 0.2) is 42.5 Å². The molecule has 0 aliphatic carbocycles. The highest BCUT2D eigenvalue weighted by molar-refractivity contribution is 5.95. The highest BCUT2D eigenvalue weighted by Gasteiger charge is 2.36. The van der Waals surface area contributed by atoms with Gasteiger partial charge in [0.1, 0.15) is 5.75 Å². The third-order valence-corrected chi connectivity index (χ3v) is 4.81. The number of nitrogens with zero attached hydrogens (tertiary/aromatic N) is 1. The number of amides is 1. The zero-order chi connectivity index (χ0) is 20.1. The molecule has 6 nitrogen and oxygen atoms in total. The van der Waals surface area contributed by atoms with Gasteiger partial charge < -0.3 is 24.2 Å². The first kappa shape index (κ1) is 20.0. The average Bonchev–Trinajstić information content (AvgIpc) is 3.11. The van der Waals surface area contributed by atoms with Crippen molar-refractivity contribution in [2.24, 2.45) is 0 Å². The molecule has 1 heterocycles.